The Morgan fingerprint density at radius 2 is 2.05 bits per heavy atom. The van der Waals surface area contributed by atoms with Crippen molar-refractivity contribution in [1.29, 1.82) is 0 Å². The van der Waals surface area contributed by atoms with Crippen LogP contribution in [0.4, 0.5) is 17.3 Å². The number of non-ortho nitro benzene ring substituents is 1. The summed E-state index contributed by atoms with van der Waals surface area (Å²) in [5.74, 6) is 0.824. The van der Waals surface area contributed by atoms with E-state index < -0.39 is 4.92 Å². The van der Waals surface area contributed by atoms with Gasteiger partial charge in [0.15, 0.2) is 0 Å². The second kappa shape index (κ2) is 5.39. The summed E-state index contributed by atoms with van der Waals surface area (Å²) in [6.07, 6.45) is 3.45. The standard InChI is InChI=1S/C13H15N5O3/c14-11-8-9(18(19)20)4-5-10(11)12-15-13(16-21-12)17-6-2-1-3-7-17/h4-5,8H,1-3,6-7,14H2. The van der Waals surface area contributed by atoms with Crippen molar-refractivity contribution in [2.75, 3.05) is 23.7 Å². The fourth-order valence-electron chi connectivity index (χ4n) is 2.41. The van der Waals surface area contributed by atoms with E-state index in [9.17, 15) is 10.1 Å². The first kappa shape index (κ1) is 13.3. The van der Waals surface area contributed by atoms with Crippen molar-refractivity contribution in [3.63, 3.8) is 0 Å². The molecule has 8 heteroatoms. The number of hydrogen-bond donors (Lipinski definition) is 1. The van der Waals surface area contributed by atoms with E-state index in [1.807, 2.05) is 0 Å². The summed E-state index contributed by atoms with van der Waals surface area (Å²) in [7, 11) is 0. The maximum atomic E-state index is 10.7. The Hall–Kier alpha value is -2.64. The van der Waals surface area contributed by atoms with E-state index >= 15 is 0 Å². The van der Waals surface area contributed by atoms with Gasteiger partial charge >= 0.3 is 0 Å². The van der Waals surface area contributed by atoms with Gasteiger partial charge in [0.1, 0.15) is 0 Å². The van der Waals surface area contributed by atoms with Gasteiger partial charge in [-0.25, -0.2) is 0 Å². The average Bonchev–Trinajstić information content (AvgIpc) is 2.97. The number of nitrogens with zero attached hydrogens (tertiary/aromatic N) is 4. The number of nitro benzene ring substituents is 1. The highest BCUT2D eigenvalue weighted by molar-refractivity contribution is 5.73. The molecule has 0 saturated carbocycles. The summed E-state index contributed by atoms with van der Waals surface area (Å²) in [5, 5.41) is 14.7. The van der Waals surface area contributed by atoms with Gasteiger partial charge in [0.2, 0.25) is 0 Å². The number of aromatic nitrogens is 2. The lowest BCUT2D eigenvalue weighted by Crippen LogP contribution is -2.30. The van der Waals surface area contributed by atoms with Gasteiger partial charge in [0.25, 0.3) is 17.5 Å². The topological polar surface area (TPSA) is 111 Å². The minimum Gasteiger partial charge on any atom is -0.398 e. The number of rotatable bonds is 3. The second-order valence-corrected chi connectivity index (χ2v) is 4.98. The monoisotopic (exact) mass is 289 g/mol. The molecular formula is C13H15N5O3. The SMILES string of the molecule is Nc1cc([N+](=O)[O-])ccc1-c1nc(N2CCCCC2)no1. The van der Waals surface area contributed by atoms with E-state index in [1.165, 1.54) is 24.6 Å². The van der Waals surface area contributed by atoms with Gasteiger partial charge in [-0.1, -0.05) is 0 Å². The van der Waals surface area contributed by atoms with E-state index in [4.69, 9.17) is 10.3 Å². The lowest BCUT2D eigenvalue weighted by atomic mass is 10.1. The van der Waals surface area contributed by atoms with Crippen LogP contribution in [0.15, 0.2) is 22.7 Å². The molecule has 0 unspecified atom stereocenters. The van der Waals surface area contributed by atoms with Crippen LogP contribution >= 0.6 is 0 Å². The first-order chi connectivity index (χ1) is 10.1. The Bertz CT molecular complexity index is 664. The highest BCUT2D eigenvalue weighted by Crippen LogP contribution is 2.29. The predicted octanol–water partition coefficient (Wildman–Crippen LogP) is 2.22. The molecule has 1 saturated heterocycles. The smallest absolute Gasteiger partial charge is 0.271 e. The minimum atomic E-state index is -0.493. The molecule has 1 aliphatic rings. The van der Waals surface area contributed by atoms with E-state index in [0.717, 1.165) is 25.9 Å². The van der Waals surface area contributed by atoms with Gasteiger partial charge < -0.3 is 15.2 Å². The molecule has 0 aliphatic carbocycles. The first-order valence-corrected chi connectivity index (χ1v) is 6.78. The summed E-state index contributed by atoms with van der Waals surface area (Å²) >= 11 is 0. The van der Waals surface area contributed by atoms with Gasteiger partial charge in [-0.15, -0.1) is 0 Å². The fourth-order valence-corrected chi connectivity index (χ4v) is 2.41. The van der Waals surface area contributed by atoms with Crippen LogP contribution in [0, 0.1) is 10.1 Å². The number of piperidine rings is 1. The molecule has 1 aromatic heterocycles. The predicted molar refractivity (Wildman–Crippen MR) is 76.9 cm³/mol. The average molecular weight is 289 g/mol. The van der Waals surface area contributed by atoms with E-state index in [2.05, 4.69) is 15.0 Å². The van der Waals surface area contributed by atoms with Crippen molar-refractivity contribution in [2.45, 2.75) is 19.3 Å². The molecule has 1 fully saturated rings. The Labute approximate surface area is 120 Å². The van der Waals surface area contributed by atoms with Crippen molar-refractivity contribution in [3.05, 3.63) is 28.3 Å². The molecule has 110 valence electrons. The molecule has 2 heterocycles. The highest BCUT2D eigenvalue weighted by atomic mass is 16.6. The van der Waals surface area contributed by atoms with Crippen molar-refractivity contribution in [2.24, 2.45) is 0 Å². The second-order valence-electron chi connectivity index (χ2n) is 4.98. The van der Waals surface area contributed by atoms with Crippen LogP contribution in [0.5, 0.6) is 0 Å². The maximum Gasteiger partial charge on any atom is 0.271 e. The van der Waals surface area contributed by atoms with E-state index in [0.29, 0.717) is 11.5 Å². The zero-order chi connectivity index (χ0) is 14.8. The Balaban J connectivity index is 1.87. The van der Waals surface area contributed by atoms with Crippen LogP contribution in [-0.4, -0.2) is 28.2 Å². The summed E-state index contributed by atoms with van der Waals surface area (Å²) in [5.41, 5.74) is 6.53. The molecule has 2 N–H and O–H groups in total. The molecule has 3 rings (SSSR count). The van der Waals surface area contributed by atoms with Crippen LogP contribution in [0.1, 0.15) is 19.3 Å². The van der Waals surface area contributed by atoms with Crippen LogP contribution in [0.3, 0.4) is 0 Å². The van der Waals surface area contributed by atoms with Gasteiger partial charge in [-0.05, 0) is 30.5 Å². The van der Waals surface area contributed by atoms with E-state index in [-0.39, 0.29) is 17.3 Å². The van der Waals surface area contributed by atoms with Gasteiger partial charge in [0.05, 0.1) is 16.2 Å². The van der Waals surface area contributed by atoms with Crippen molar-refractivity contribution in [3.8, 4) is 11.5 Å². The van der Waals surface area contributed by atoms with Crippen LogP contribution in [-0.2, 0) is 0 Å². The number of nitrogen functional groups attached to an aromatic ring is 1. The van der Waals surface area contributed by atoms with Crippen molar-refractivity contribution < 1.29 is 9.45 Å². The molecule has 21 heavy (non-hydrogen) atoms. The molecule has 8 nitrogen and oxygen atoms in total. The lowest BCUT2D eigenvalue weighted by Gasteiger charge is -2.24. The Morgan fingerprint density at radius 1 is 1.29 bits per heavy atom. The molecule has 0 spiro atoms. The number of benzene rings is 1. The third-order valence-electron chi connectivity index (χ3n) is 3.53. The molecule has 0 amide bonds. The number of nitrogens with two attached hydrogens (primary N) is 1. The highest BCUT2D eigenvalue weighted by Gasteiger charge is 2.19. The molecule has 1 aromatic carbocycles. The molecule has 1 aliphatic heterocycles. The van der Waals surface area contributed by atoms with Crippen LogP contribution in [0.2, 0.25) is 0 Å². The zero-order valence-corrected chi connectivity index (χ0v) is 11.4. The van der Waals surface area contributed by atoms with Crippen LogP contribution < -0.4 is 10.6 Å². The van der Waals surface area contributed by atoms with Crippen molar-refractivity contribution >= 4 is 17.3 Å². The van der Waals surface area contributed by atoms with Gasteiger partial charge in [-0.3, -0.25) is 10.1 Å². The number of hydrogen-bond acceptors (Lipinski definition) is 7. The molecule has 0 radical (unpaired) electrons. The molecule has 2 aromatic rings. The Kier molecular flexibility index (Phi) is 3.43. The molecule has 0 bridgehead atoms. The summed E-state index contributed by atoms with van der Waals surface area (Å²) < 4.78 is 5.23. The van der Waals surface area contributed by atoms with Gasteiger partial charge in [-0.2, -0.15) is 4.98 Å². The summed E-state index contributed by atoms with van der Waals surface area (Å²) in [4.78, 5) is 16.6. The largest absolute Gasteiger partial charge is 0.398 e. The zero-order valence-electron chi connectivity index (χ0n) is 11.4. The Morgan fingerprint density at radius 3 is 2.71 bits per heavy atom. The third-order valence-corrected chi connectivity index (χ3v) is 3.53. The lowest BCUT2D eigenvalue weighted by molar-refractivity contribution is -0.384. The van der Waals surface area contributed by atoms with Gasteiger partial charge in [0, 0.05) is 25.2 Å². The summed E-state index contributed by atoms with van der Waals surface area (Å²) in [6.45, 7) is 1.82. The van der Waals surface area contributed by atoms with Crippen LogP contribution in [0.25, 0.3) is 11.5 Å². The van der Waals surface area contributed by atoms with Crippen molar-refractivity contribution in [1.82, 2.24) is 10.1 Å². The maximum absolute atomic E-state index is 10.7. The number of anilines is 2. The minimum absolute atomic E-state index is 0.0629. The normalized spacial score (nSPS) is 15.1. The first-order valence-electron chi connectivity index (χ1n) is 6.78. The molecule has 0 atom stereocenters. The van der Waals surface area contributed by atoms with E-state index in [1.54, 1.807) is 0 Å². The third kappa shape index (κ3) is 2.64. The summed E-state index contributed by atoms with van der Waals surface area (Å²) in [6, 6.07) is 4.19. The number of nitro groups is 1. The molecular weight excluding hydrogens is 274 g/mol. The quantitative estimate of drug-likeness (QED) is 0.523. The fraction of sp³-hybridized carbons (Fsp3) is 0.385.